The molecule has 1 aliphatic carbocycles. The van der Waals surface area contributed by atoms with Crippen LogP contribution in [0.4, 0.5) is 20.2 Å². The highest BCUT2D eigenvalue weighted by Gasteiger charge is 2.46. The highest BCUT2D eigenvalue weighted by molar-refractivity contribution is 7.90. The Kier molecular flexibility index (Phi) is 6.70. The first-order valence-electron chi connectivity index (χ1n) is 11.8. The van der Waals surface area contributed by atoms with Crippen molar-refractivity contribution in [1.82, 2.24) is 4.98 Å². The van der Waals surface area contributed by atoms with Crippen molar-refractivity contribution in [2.75, 3.05) is 23.5 Å². The number of pyridine rings is 1. The molecule has 2 aromatic rings. The summed E-state index contributed by atoms with van der Waals surface area (Å²) >= 11 is 0. The van der Waals surface area contributed by atoms with Crippen LogP contribution in [0.1, 0.15) is 61.0 Å². The molecule has 0 bridgehead atoms. The molecule has 1 fully saturated rings. The maximum absolute atomic E-state index is 13.5. The van der Waals surface area contributed by atoms with E-state index >= 15 is 0 Å². The molecule has 0 saturated heterocycles. The number of alkyl halides is 2. The van der Waals surface area contributed by atoms with Crippen molar-refractivity contribution < 1.29 is 31.5 Å². The summed E-state index contributed by atoms with van der Waals surface area (Å²) in [6.07, 6.45) is 2.45. The number of nitrogens with zero attached hydrogens (tertiary/aromatic N) is 2. The first kappa shape index (κ1) is 26.2. The molecule has 36 heavy (non-hydrogen) atoms. The van der Waals surface area contributed by atoms with Crippen LogP contribution in [0.3, 0.4) is 0 Å². The third-order valence-electron chi connectivity index (χ3n) is 7.14. The van der Waals surface area contributed by atoms with E-state index in [9.17, 15) is 26.8 Å². The minimum atomic E-state index is -3.22. The minimum absolute atomic E-state index is 0.00821. The molecule has 1 aromatic heterocycles. The lowest BCUT2D eigenvalue weighted by molar-refractivity contribution is -0.121. The van der Waals surface area contributed by atoms with Crippen molar-refractivity contribution in [1.29, 1.82) is 0 Å². The van der Waals surface area contributed by atoms with E-state index in [-0.39, 0.29) is 29.7 Å². The molecule has 194 valence electrons. The first-order valence-corrected chi connectivity index (χ1v) is 13.9. The van der Waals surface area contributed by atoms with Gasteiger partial charge in [0.2, 0.25) is 11.8 Å². The van der Waals surface area contributed by atoms with Crippen LogP contribution in [0, 0.1) is 12.3 Å². The van der Waals surface area contributed by atoms with Crippen molar-refractivity contribution >= 4 is 32.9 Å². The average Bonchev–Trinajstić information content (AvgIpc) is 2.96. The molecule has 1 amide bonds. The predicted molar refractivity (Wildman–Crippen MR) is 132 cm³/mol. The van der Waals surface area contributed by atoms with E-state index in [1.54, 1.807) is 39.0 Å². The largest absolute Gasteiger partial charge is 0.472 e. The van der Waals surface area contributed by atoms with Gasteiger partial charge in [-0.05, 0) is 68.4 Å². The van der Waals surface area contributed by atoms with Gasteiger partial charge in [0.05, 0.1) is 22.5 Å². The number of fused-ring (bicyclic) bond motifs is 1. The molecular weight excluding hydrogens is 490 g/mol. The molecule has 1 saturated carbocycles. The summed E-state index contributed by atoms with van der Waals surface area (Å²) in [5.41, 5.74) is 1.33. The predicted octanol–water partition coefficient (Wildman–Crippen LogP) is 4.78. The molecule has 0 spiro atoms. The van der Waals surface area contributed by atoms with Crippen molar-refractivity contribution in [3.05, 3.63) is 47.2 Å². The molecule has 0 unspecified atom stereocenters. The van der Waals surface area contributed by atoms with Gasteiger partial charge in [-0.2, -0.15) is 0 Å². The Morgan fingerprint density at radius 3 is 2.47 bits per heavy atom. The van der Waals surface area contributed by atoms with E-state index in [1.807, 2.05) is 0 Å². The molecule has 1 aromatic carbocycles. The number of benzene rings is 1. The quantitative estimate of drug-likeness (QED) is 0.442. The normalized spacial score (nSPS) is 18.2. The van der Waals surface area contributed by atoms with Gasteiger partial charge < -0.3 is 4.74 Å². The van der Waals surface area contributed by atoms with Crippen molar-refractivity contribution in [2.45, 2.75) is 58.3 Å². The molecule has 7 nitrogen and oxygen atoms in total. The first-order chi connectivity index (χ1) is 16.7. The van der Waals surface area contributed by atoms with Gasteiger partial charge >= 0.3 is 0 Å². The van der Waals surface area contributed by atoms with Crippen LogP contribution in [0.5, 0.6) is 5.88 Å². The van der Waals surface area contributed by atoms with Gasteiger partial charge in [0, 0.05) is 30.5 Å². The van der Waals surface area contributed by atoms with Gasteiger partial charge in [-0.25, -0.2) is 22.2 Å². The number of carbonyl (C=O) groups excluding carboxylic acids is 2. The number of ketones is 1. The van der Waals surface area contributed by atoms with E-state index in [4.69, 9.17) is 4.74 Å². The summed E-state index contributed by atoms with van der Waals surface area (Å²) in [7, 11) is -3.22. The number of hydrogen-bond donors (Lipinski definition) is 0. The second-order valence-corrected chi connectivity index (χ2v) is 12.7. The van der Waals surface area contributed by atoms with Gasteiger partial charge in [0.15, 0.2) is 12.4 Å². The summed E-state index contributed by atoms with van der Waals surface area (Å²) in [6, 6.07) is 6.54. The fourth-order valence-corrected chi connectivity index (χ4v) is 6.66. The lowest BCUT2D eigenvalue weighted by Crippen LogP contribution is -2.38. The average molecular weight is 521 g/mol. The fraction of sp³-hybridized carbons (Fsp3) is 0.500. The molecule has 1 aliphatic heterocycles. The van der Waals surface area contributed by atoms with Crippen molar-refractivity contribution in [3.63, 3.8) is 0 Å². The summed E-state index contributed by atoms with van der Waals surface area (Å²) in [5, 5.41) is 0. The number of aromatic nitrogens is 1. The van der Waals surface area contributed by atoms with Gasteiger partial charge in [0.1, 0.15) is 9.84 Å². The summed E-state index contributed by atoms with van der Waals surface area (Å²) in [4.78, 5) is 32.3. The number of anilines is 2. The van der Waals surface area contributed by atoms with E-state index in [0.717, 1.165) is 6.42 Å². The molecular formula is C26H30F2N2O5S. The second-order valence-electron chi connectivity index (χ2n) is 10.5. The topological polar surface area (TPSA) is 93.6 Å². The molecule has 10 heteroatoms. The molecule has 0 N–H and O–H groups in total. The number of amides is 1. The van der Waals surface area contributed by atoms with Crippen LogP contribution < -0.4 is 9.64 Å². The molecule has 0 atom stereocenters. The van der Waals surface area contributed by atoms with Crippen molar-refractivity contribution in [2.24, 2.45) is 5.41 Å². The highest BCUT2D eigenvalue weighted by Crippen LogP contribution is 2.48. The van der Waals surface area contributed by atoms with E-state index in [1.165, 1.54) is 23.4 Å². The van der Waals surface area contributed by atoms with Crippen LogP contribution in [-0.4, -0.2) is 50.1 Å². The summed E-state index contributed by atoms with van der Waals surface area (Å²) < 4.78 is 54.1. The number of rotatable bonds is 9. The van der Waals surface area contributed by atoms with E-state index in [2.05, 4.69) is 4.98 Å². The number of Topliss-reactive ketones (excluding diaryl/α,β-unsaturated/α-hetero) is 1. The zero-order valence-corrected chi connectivity index (χ0v) is 21.6. The Balaban J connectivity index is 1.67. The number of hydrogen-bond acceptors (Lipinski definition) is 6. The second kappa shape index (κ2) is 9.21. The van der Waals surface area contributed by atoms with Crippen LogP contribution in [0.2, 0.25) is 0 Å². The Bertz CT molecular complexity index is 1320. The smallest absolute Gasteiger partial charge is 0.272 e. The number of ether oxygens (including phenoxy) is 1. The molecule has 2 heterocycles. The SMILES string of the molecule is Cc1cnc(OCC(F)F)cc1N1C(=O)C(C)(C)c2cc(C(=O)CC3(CS(C)(=O)=O)CCC3)ccc21. The number of carbonyl (C=O) groups is 2. The van der Waals surface area contributed by atoms with Crippen molar-refractivity contribution in [3.8, 4) is 5.88 Å². The summed E-state index contributed by atoms with van der Waals surface area (Å²) in [6.45, 7) is 4.49. The molecule has 4 rings (SSSR count). The highest BCUT2D eigenvalue weighted by atomic mass is 32.2. The molecule has 0 radical (unpaired) electrons. The number of halogens is 2. The number of sulfone groups is 1. The monoisotopic (exact) mass is 520 g/mol. The fourth-order valence-electron chi connectivity index (χ4n) is 5.16. The van der Waals surface area contributed by atoms with E-state index < -0.39 is 33.7 Å². The maximum Gasteiger partial charge on any atom is 0.272 e. The third-order valence-corrected chi connectivity index (χ3v) is 8.27. The van der Waals surface area contributed by atoms with Crippen LogP contribution >= 0.6 is 0 Å². The van der Waals surface area contributed by atoms with Gasteiger partial charge in [-0.15, -0.1) is 0 Å². The lowest BCUT2D eigenvalue weighted by Gasteiger charge is -2.41. The van der Waals surface area contributed by atoms with Gasteiger partial charge in [-0.3, -0.25) is 14.5 Å². The van der Waals surface area contributed by atoms with Gasteiger partial charge in [0.25, 0.3) is 6.43 Å². The van der Waals surface area contributed by atoms with Crippen LogP contribution in [0.15, 0.2) is 30.5 Å². The maximum atomic E-state index is 13.5. The Labute approximate surface area is 209 Å². The standard InChI is InChI=1S/C26H30F2N2O5S/c1-16-13-29-23(35-14-22(27)28)11-20(16)30-19-7-6-17(10-18(19)25(2,3)24(30)32)21(31)12-26(8-5-9-26)15-36(4,33)34/h6-7,10-11,13,22H,5,8-9,12,14-15H2,1-4H3. The van der Waals surface area contributed by atoms with Crippen LogP contribution in [-0.2, 0) is 20.0 Å². The Hall–Kier alpha value is -2.88. The minimum Gasteiger partial charge on any atom is -0.472 e. The third kappa shape index (κ3) is 5.00. The Morgan fingerprint density at radius 2 is 1.89 bits per heavy atom. The van der Waals surface area contributed by atoms with Crippen LogP contribution in [0.25, 0.3) is 0 Å². The summed E-state index contributed by atoms with van der Waals surface area (Å²) in [5.74, 6) is -0.404. The zero-order valence-electron chi connectivity index (χ0n) is 20.8. The zero-order chi connectivity index (χ0) is 26.5. The molecule has 2 aliphatic rings. The van der Waals surface area contributed by atoms with E-state index in [0.29, 0.717) is 40.9 Å². The Morgan fingerprint density at radius 1 is 1.19 bits per heavy atom. The van der Waals surface area contributed by atoms with Gasteiger partial charge in [-0.1, -0.05) is 6.42 Å². The number of aryl methyl sites for hydroxylation is 1. The lowest BCUT2D eigenvalue weighted by atomic mass is 9.67.